The molecule has 0 radical (unpaired) electrons. The third-order valence-electron chi connectivity index (χ3n) is 5.21. The first-order chi connectivity index (χ1) is 14.2. The van der Waals surface area contributed by atoms with Gasteiger partial charge in [-0.15, -0.1) is 0 Å². The second kappa shape index (κ2) is 9.36. The van der Waals surface area contributed by atoms with E-state index in [0.717, 1.165) is 30.4 Å². The maximum absolute atomic E-state index is 6.25. The highest BCUT2D eigenvalue weighted by Gasteiger charge is 2.30. The third-order valence-corrected chi connectivity index (χ3v) is 6.40. The molecule has 3 aromatic carbocycles. The molecular formula is C25H28N2OS. The van der Waals surface area contributed by atoms with E-state index in [2.05, 4.69) is 91.5 Å². The highest BCUT2D eigenvalue weighted by Crippen LogP contribution is 2.30. The van der Waals surface area contributed by atoms with Gasteiger partial charge in [0.25, 0.3) is 0 Å². The molecule has 0 spiro atoms. The molecule has 0 amide bonds. The molecule has 4 heteroatoms. The molecule has 0 aliphatic carbocycles. The first kappa shape index (κ1) is 19.8. The molecule has 1 heterocycles. The highest BCUT2D eigenvalue weighted by atomic mass is 32.2. The summed E-state index contributed by atoms with van der Waals surface area (Å²) < 4.78 is 6.25. The maximum Gasteiger partial charge on any atom is 0.159 e. The van der Waals surface area contributed by atoms with E-state index in [9.17, 15) is 0 Å². The molecule has 4 rings (SSSR count). The van der Waals surface area contributed by atoms with Crippen molar-refractivity contribution in [2.75, 3.05) is 19.7 Å². The molecule has 29 heavy (non-hydrogen) atoms. The summed E-state index contributed by atoms with van der Waals surface area (Å²) >= 11 is 1.86. The van der Waals surface area contributed by atoms with Gasteiger partial charge in [-0.1, -0.05) is 78.5 Å². The minimum Gasteiger partial charge on any atom is -0.492 e. The zero-order valence-corrected chi connectivity index (χ0v) is 17.9. The first-order valence-electron chi connectivity index (χ1n) is 10.3. The molecule has 0 N–H and O–H groups in total. The first-order valence-corrected chi connectivity index (χ1v) is 11.2. The van der Waals surface area contributed by atoms with Crippen molar-refractivity contribution in [3.63, 3.8) is 0 Å². The number of hydrogen-bond donors (Lipinski definition) is 0. The summed E-state index contributed by atoms with van der Waals surface area (Å²) in [5.74, 6) is 0.967. The van der Waals surface area contributed by atoms with Gasteiger partial charge in [0.1, 0.15) is 12.4 Å². The van der Waals surface area contributed by atoms with Crippen molar-refractivity contribution in [3.05, 3.63) is 78.4 Å². The van der Waals surface area contributed by atoms with E-state index < -0.39 is 0 Å². The fourth-order valence-corrected chi connectivity index (χ4v) is 4.88. The second-order valence-corrected chi connectivity index (χ2v) is 8.94. The molecule has 1 unspecified atom stereocenters. The third kappa shape index (κ3) is 4.94. The van der Waals surface area contributed by atoms with Crippen LogP contribution in [-0.2, 0) is 6.42 Å². The Morgan fingerprint density at radius 1 is 1.00 bits per heavy atom. The number of ether oxygens (including phenoxy) is 1. The lowest BCUT2D eigenvalue weighted by Gasteiger charge is -2.22. The van der Waals surface area contributed by atoms with Crippen molar-refractivity contribution in [1.82, 2.24) is 4.90 Å². The van der Waals surface area contributed by atoms with Gasteiger partial charge in [-0.05, 0) is 37.3 Å². The van der Waals surface area contributed by atoms with E-state index in [-0.39, 0.29) is 0 Å². The SMILES string of the molecule is CC(C)N1CC(COc2cccc3ccccc23)SC1=NCCc1ccccc1. The predicted octanol–water partition coefficient (Wildman–Crippen LogP) is 5.64. The number of aliphatic imine (C=N–C) groups is 1. The van der Waals surface area contributed by atoms with E-state index in [1.54, 1.807) is 0 Å². The lowest BCUT2D eigenvalue weighted by Crippen LogP contribution is -2.33. The fourth-order valence-electron chi connectivity index (χ4n) is 3.63. The van der Waals surface area contributed by atoms with Gasteiger partial charge in [-0.25, -0.2) is 0 Å². The molecule has 3 nitrogen and oxygen atoms in total. The highest BCUT2D eigenvalue weighted by molar-refractivity contribution is 8.14. The normalized spacial score (nSPS) is 18.1. The molecule has 1 aliphatic rings. The van der Waals surface area contributed by atoms with E-state index in [0.29, 0.717) is 17.9 Å². The van der Waals surface area contributed by atoms with E-state index in [1.165, 1.54) is 16.3 Å². The predicted molar refractivity (Wildman–Crippen MR) is 125 cm³/mol. The number of amidine groups is 1. The molecule has 1 saturated heterocycles. The van der Waals surface area contributed by atoms with Crippen LogP contribution in [0.25, 0.3) is 10.8 Å². The molecular weight excluding hydrogens is 376 g/mol. The Kier molecular flexibility index (Phi) is 6.40. The van der Waals surface area contributed by atoms with Crippen LogP contribution in [0.4, 0.5) is 0 Å². The summed E-state index contributed by atoms with van der Waals surface area (Å²) in [6.45, 7) is 6.98. The smallest absolute Gasteiger partial charge is 0.159 e. The van der Waals surface area contributed by atoms with E-state index >= 15 is 0 Å². The molecule has 1 fully saturated rings. The summed E-state index contributed by atoms with van der Waals surface area (Å²) in [6, 6.07) is 25.7. The number of rotatable bonds is 7. The number of hydrogen-bond acceptors (Lipinski definition) is 3. The summed E-state index contributed by atoms with van der Waals surface area (Å²) in [4.78, 5) is 7.34. The van der Waals surface area contributed by atoms with Gasteiger partial charge < -0.3 is 9.64 Å². The zero-order valence-electron chi connectivity index (χ0n) is 17.1. The van der Waals surface area contributed by atoms with Crippen LogP contribution in [-0.4, -0.2) is 41.1 Å². The van der Waals surface area contributed by atoms with E-state index in [1.807, 2.05) is 11.8 Å². The summed E-state index contributed by atoms with van der Waals surface area (Å²) in [5, 5.41) is 3.95. The zero-order chi connectivity index (χ0) is 20.1. The topological polar surface area (TPSA) is 24.8 Å². The molecule has 150 valence electrons. The quantitative estimate of drug-likeness (QED) is 0.509. The Labute approximate surface area is 177 Å². The van der Waals surface area contributed by atoms with Gasteiger partial charge in [0, 0.05) is 24.5 Å². The Balaban J connectivity index is 1.39. The molecule has 0 saturated carbocycles. The van der Waals surface area contributed by atoms with Crippen molar-refractivity contribution in [1.29, 1.82) is 0 Å². The van der Waals surface area contributed by atoms with Crippen LogP contribution in [0.1, 0.15) is 19.4 Å². The van der Waals surface area contributed by atoms with Crippen molar-refractivity contribution in [3.8, 4) is 5.75 Å². The summed E-state index contributed by atoms with van der Waals surface area (Å²) in [5.41, 5.74) is 1.34. The number of nitrogens with zero attached hydrogens (tertiary/aromatic N) is 2. The van der Waals surface area contributed by atoms with Crippen molar-refractivity contribution in [2.24, 2.45) is 4.99 Å². The van der Waals surface area contributed by atoms with Crippen LogP contribution in [0.15, 0.2) is 77.8 Å². The molecule has 0 aromatic heterocycles. The van der Waals surface area contributed by atoms with Crippen LogP contribution in [0.2, 0.25) is 0 Å². The monoisotopic (exact) mass is 404 g/mol. The van der Waals surface area contributed by atoms with Crippen LogP contribution >= 0.6 is 11.8 Å². The largest absolute Gasteiger partial charge is 0.492 e. The van der Waals surface area contributed by atoms with Crippen LogP contribution in [0, 0.1) is 0 Å². The number of fused-ring (bicyclic) bond motifs is 1. The maximum atomic E-state index is 6.25. The molecule has 0 bridgehead atoms. The standard InChI is InChI=1S/C25H28N2OS/c1-19(2)27-17-22(29-25(27)26-16-15-20-9-4-3-5-10-20)18-28-24-14-8-12-21-11-6-7-13-23(21)24/h3-14,19,22H,15-18H2,1-2H3. The van der Waals surface area contributed by atoms with Gasteiger partial charge in [-0.3, -0.25) is 4.99 Å². The minimum atomic E-state index is 0.395. The van der Waals surface area contributed by atoms with Crippen molar-refractivity contribution < 1.29 is 4.74 Å². The van der Waals surface area contributed by atoms with Crippen LogP contribution < -0.4 is 4.74 Å². The average Bonchev–Trinajstić information content (AvgIpc) is 3.16. The Bertz CT molecular complexity index is 965. The van der Waals surface area contributed by atoms with Gasteiger partial charge in [-0.2, -0.15) is 0 Å². The van der Waals surface area contributed by atoms with Gasteiger partial charge in [0.2, 0.25) is 0 Å². The summed E-state index contributed by atoms with van der Waals surface area (Å²) in [7, 11) is 0. The summed E-state index contributed by atoms with van der Waals surface area (Å²) in [6.07, 6.45) is 0.980. The average molecular weight is 405 g/mol. The Morgan fingerprint density at radius 3 is 2.59 bits per heavy atom. The number of benzene rings is 3. The molecule has 1 atom stereocenters. The lowest BCUT2D eigenvalue weighted by atomic mass is 10.1. The van der Waals surface area contributed by atoms with Crippen LogP contribution in [0.5, 0.6) is 5.75 Å². The minimum absolute atomic E-state index is 0.395. The molecule has 3 aromatic rings. The number of thioether (sulfide) groups is 1. The lowest BCUT2D eigenvalue weighted by molar-refractivity contribution is 0.288. The van der Waals surface area contributed by atoms with Crippen molar-refractivity contribution in [2.45, 2.75) is 31.6 Å². The van der Waals surface area contributed by atoms with Gasteiger partial charge >= 0.3 is 0 Å². The molecule has 1 aliphatic heterocycles. The second-order valence-electron chi connectivity index (χ2n) is 7.67. The fraction of sp³-hybridized carbons (Fsp3) is 0.320. The van der Waals surface area contributed by atoms with Crippen molar-refractivity contribution >= 4 is 27.7 Å². The van der Waals surface area contributed by atoms with Gasteiger partial charge in [0.15, 0.2) is 5.17 Å². The Hall–Kier alpha value is -2.46. The Morgan fingerprint density at radius 2 is 1.76 bits per heavy atom. The van der Waals surface area contributed by atoms with Crippen LogP contribution in [0.3, 0.4) is 0 Å². The van der Waals surface area contributed by atoms with Gasteiger partial charge in [0.05, 0.1) is 5.25 Å². The van der Waals surface area contributed by atoms with E-state index in [4.69, 9.17) is 9.73 Å².